The third-order valence-electron chi connectivity index (χ3n) is 3.61. The van der Waals surface area contributed by atoms with Gasteiger partial charge in [0.15, 0.2) is 0 Å². The predicted octanol–water partition coefficient (Wildman–Crippen LogP) is 1.91. The molecule has 2 rings (SSSR count). The molecule has 1 aliphatic rings. The monoisotopic (exact) mass is 247 g/mol. The maximum Gasteiger partial charge on any atom is 0.227 e. The van der Waals surface area contributed by atoms with E-state index in [2.05, 4.69) is 6.07 Å². The van der Waals surface area contributed by atoms with E-state index in [9.17, 15) is 4.79 Å². The standard InChI is InChI=1S/C15H21NO2/c1-12-4-2-5-13(10-12)11-15(18)16(8-9-17)14-6-3-7-14/h2,4-5,10,14,17H,3,6-9,11H2,1H3. The number of hydrogen-bond donors (Lipinski definition) is 1. The maximum absolute atomic E-state index is 12.3. The van der Waals surface area contributed by atoms with Crippen molar-refractivity contribution < 1.29 is 9.90 Å². The molecule has 18 heavy (non-hydrogen) atoms. The van der Waals surface area contributed by atoms with E-state index < -0.39 is 0 Å². The fourth-order valence-corrected chi connectivity index (χ4v) is 2.42. The van der Waals surface area contributed by atoms with Gasteiger partial charge in [-0.1, -0.05) is 29.8 Å². The first-order valence-corrected chi connectivity index (χ1v) is 6.66. The number of benzene rings is 1. The van der Waals surface area contributed by atoms with Gasteiger partial charge in [-0.15, -0.1) is 0 Å². The summed E-state index contributed by atoms with van der Waals surface area (Å²) >= 11 is 0. The SMILES string of the molecule is Cc1cccc(CC(=O)N(CCO)C2CCC2)c1. The number of nitrogens with zero attached hydrogens (tertiary/aromatic N) is 1. The smallest absolute Gasteiger partial charge is 0.227 e. The average Bonchev–Trinajstić information content (AvgIpc) is 2.26. The average molecular weight is 247 g/mol. The van der Waals surface area contributed by atoms with Gasteiger partial charge in [-0.3, -0.25) is 4.79 Å². The third-order valence-corrected chi connectivity index (χ3v) is 3.61. The second kappa shape index (κ2) is 6.01. The molecule has 98 valence electrons. The molecule has 3 nitrogen and oxygen atoms in total. The number of rotatable bonds is 5. The Bertz CT molecular complexity index is 413. The first-order chi connectivity index (χ1) is 8.70. The summed E-state index contributed by atoms with van der Waals surface area (Å²) in [4.78, 5) is 14.1. The highest BCUT2D eigenvalue weighted by atomic mass is 16.3. The van der Waals surface area contributed by atoms with Crippen LogP contribution in [0.2, 0.25) is 0 Å². The van der Waals surface area contributed by atoms with Crippen LogP contribution < -0.4 is 0 Å². The molecule has 0 unspecified atom stereocenters. The lowest BCUT2D eigenvalue weighted by Gasteiger charge is -2.37. The molecule has 0 saturated heterocycles. The summed E-state index contributed by atoms with van der Waals surface area (Å²) in [5, 5.41) is 9.07. The first kappa shape index (κ1) is 13.1. The molecule has 0 atom stereocenters. The van der Waals surface area contributed by atoms with Crippen molar-refractivity contribution in [2.75, 3.05) is 13.2 Å². The van der Waals surface area contributed by atoms with Crippen LogP contribution in [0.25, 0.3) is 0 Å². The van der Waals surface area contributed by atoms with Crippen LogP contribution in [-0.2, 0) is 11.2 Å². The van der Waals surface area contributed by atoms with E-state index in [1.165, 1.54) is 12.0 Å². The molecular weight excluding hydrogens is 226 g/mol. The first-order valence-electron chi connectivity index (χ1n) is 6.66. The zero-order valence-electron chi connectivity index (χ0n) is 10.9. The summed E-state index contributed by atoms with van der Waals surface area (Å²) in [6, 6.07) is 8.41. The molecule has 1 fully saturated rings. The van der Waals surface area contributed by atoms with Crippen LogP contribution in [0.5, 0.6) is 0 Å². The molecule has 0 aliphatic heterocycles. The molecule has 1 aromatic rings. The Morgan fingerprint density at radius 2 is 2.22 bits per heavy atom. The van der Waals surface area contributed by atoms with Gasteiger partial charge in [0.1, 0.15) is 0 Å². The molecule has 0 spiro atoms. The van der Waals surface area contributed by atoms with Gasteiger partial charge in [-0.05, 0) is 31.7 Å². The number of carbonyl (C=O) groups excluding carboxylic acids is 1. The van der Waals surface area contributed by atoms with E-state index in [1.54, 1.807) is 0 Å². The lowest BCUT2D eigenvalue weighted by molar-refractivity contribution is -0.135. The Morgan fingerprint density at radius 3 is 2.78 bits per heavy atom. The van der Waals surface area contributed by atoms with E-state index in [0.29, 0.717) is 19.0 Å². The van der Waals surface area contributed by atoms with Gasteiger partial charge in [0.2, 0.25) is 5.91 Å². The van der Waals surface area contributed by atoms with Crippen LogP contribution in [0, 0.1) is 6.92 Å². The van der Waals surface area contributed by atoms with Gasteiger partial charge in [0, 0.05) is 12.6 Å². The number of carbonyl (C=O) groups is 1. The molecule has 0 aromatic heterocycles. The Morgan fingerprint density at radius 1 is 1.44 bits per heavy atom. The molecular formula is C15H21NO2. The van der Waals surface area contributed by atoms with Crippen LogP contribution in [0.15, 0.2) is 24.3 Å². The third kappa shape index (κ3) is 3.10. The quantitative estimate of drug-likeness (QED) is 0.863. The number of aliphatic hydroxyl groups excluding tert-OH is 1. The fourth-order valence-electron chi connectivity index (χ4n) is 2.42. The molecule has 1 saturated carbocycles. The Balaban J connectivity index is 2.00. The molecule has 1 amide bonds. The van der Waals surface area contributed by atoms with Gasteiger partial charge in [0.05, 0.1) is 13.0 Å². The number of aryl methyl sites for hydroxylation is 1. The van der Waals surface area contributed by atoms with E-state index in [1.807, 2.05) is 30.0 Å². The van der Waals surface area contributed by atoms with Crippen LogP contribution in [0.1, 0.15) is 30.4 Å². The number of aliphatic hydroxyl groups is 1. The minimum absolute atomic E-state index is 0.0516. The predicted molar refractivity (Wildman–Crippen MR) is 71.3 cm³/mol. The minimum atomic E-state index is 0.0516. The van der Waals surface area contributed by atoms with Crippen molar-refractivity contribution in [2.24, 2.45) is 0 Å². The second-order valence-electron chi connectivity index (χ2n) is 5.06. The Hall–Kier alpha value is -1.35. The Labute approximate surface area is 108 Å². The zero-order chi connectivity index (χ0) is 13.0. The molecule has 1 N–H and O–H groups in total. The Kier molecular flexibility index (Phi) is 4.37. The summed E-state index contributed by atoms with van der Waals surface area (Å²) in [6.45, 7) is 2.55. The fraction of sp³-hybridized carbons (Fsp3) is 0.533. The highest BCUT2D eigenvalue weighted by molar-refractivity contribution is 5.79. The van der Waals surface area contributed by atoms with Gasteiger partial charge >= 0.3 is 0 Å². The lowest BCUT2D eigenvalue weighted by Crippen LogP contribution is -2.46. The molecule has 1 aromatic carbocycles. The van der Waals surface area contributed by atoms with Crippen molar-refractivity contribution in [3.05, 3.63) is 35.4 Å². The van der Waals surface area contributed by atoms with Crippen molar-refractivity contribution in [3.8, 4) is 0 Å². The minimum Gasteiger partial charge on any atom is -0.395 e. The summed E-state index contributed by atoms with van der Waals surface area (Å²) in [5.41, 5.74) is 2.24. The number of amides is 1. The van der Waals surface area contributed by atoms with Gasteiger partial charge in [-0.25, -0.2) is 0 Å². The van der Waals surface area contributed by atoms with Crippen molar-refractivity contribution in [2.45, 2.75) is 38.6 Å². The van der Waals surface area contributed by atoms with E-state index >= 15 is 0 Å². The van der Waals surface area contributed by atoms with Crippen LogP contribution in [-0.4, -0.2) is 35.1 Å². The summed E-state index contributed by atoms with van der Waals surface area (Å²) in [5.74, 6) is 0.138. The van der Waals surface area contributed by atoms with Crippen LogP contribution in [0.3, 0.4) is 0 Å². The topological polar surface area (TPSA) is 40.5 Å². The van der Waals surface area contributed by atoms with Gasteiger partial charge in [0.25, 0.3) is 0 Å². The lowest BCUT2D eigenvalue weighted by atomic mass is 9.91. The normalized spacial score (nSPS) is 15.2. The summed E-state index contributed by atoms with van der Waals surface area (Å²) in [6.07, 6.45) is 3.81. The van der Waals surface area contributed by atoms with Crippen molar-refractivity contribution >= 4 is 5.91 Å². The molecule has 0 radical (unpaired) electrons. The summed E-state index contributed by atoms with van der Waals surface area (Å²) < 4.78 is 0. The molecule has 3 heteroatoms. The summed E-state index contributed by atoms with van der Waals surface area (Å²) in [7, 11) is 0. The molecule has 1 aliphatic carbocycles. The van der Waals surface area contributed by atoms with Gasteiger partial charge < -0.3 is 10.0 Å². The van der Waals surface area contributed by atoms with Gasteiger partial charge in [-0.2, -0.15) is 0 Å². The zero-order valence-corrected chi connectivity index (χ0v) is 10.9. The second-order valence-corrected chi connectivity index (χ2v) is 5.06. The highest BCUT2D eigenvalue weighted by Crippen LogP contribution is 2.25. The van der Waals surface area contributed by atoms with Crippen molar-refractivity contribution in [1.29, 1.82) is 0 Å². The maximum atomic E-state index is 12.3. The van der Waals surface area contributed by atoms with Crippen molar-refractivity contribution in [1.82, 2.24) is 4.90 Å². The molecule has 0 bridgehead atoms. The van der Waals surface area contributed by atoms with E-state index in [0.717, 1.165) is 18.4 Å². The van der Waals surface area contributed by atoms with E-state index in [-0.39, 0.29) is 12.5 Å². The van der Waals surface area contributed by atoms with E-state index in [4.69, 9.17) is 5.11 Å². The highest BCUT2D eigenvalue weighted by Gasteiger charge is 2.28. The molecule has 0 heterocycles. The van der Waals surface area contributed by atoms with Crippen molar-refractivity contribution in [3.63, 3.8) is 0 Å². The largest absolute Gasteiger partial charge is 0.395 e. The van der Waals surface area contributed by atoms with Crippen LogP contribution in [0.4, 0.5) is 0 Å². The van der Waals surface area contributed by atoms with Crippen LogP contribution >= 0.6 is 0 Å². The number of hydrogen-bond acceptors (Lipinski definition) is 2.